The van der Waals surface area contributed by atoms with Gasteiger partial charge in [-0.2, -0.15) is 0 Å². The van der Waals surface area contributed by atoms with E-state index in [1.54, 1.807) is 12.0 Å². The van der Waals surface area contributed by atoms with Crippen LogP contribution in [0.1, 0.15) is 12.5 Å². The third-order valence-corrected chi connectivity index (χ3v) is 4.26. The minimum atomic E-state index is -0.184. The number of methoxy groups -OCH3 is 1. The van der Waals surface area contributed by atoms with Gasteiger partial charge in [-0.3, -0.25) is 0 Å². The topological polar surface area (TPSA) is 60.0 Å². The molecular weight excluding hydrogens is 332 g/mol. The number of amides is 2. The molecule has 26 heavy (non-hydrogen) atoms. The number of benzene rings is 2. The normalized spacial score (nSPS) is 15.2. The molecule has 2 aromatic carbocycles. The Labute approximate surface area is 153 Å². The number of likely N-dealkylation sites (N-methyl/N-ethyl adjacent to an activating group) is 1. The van der Waals surface area contributed by atoms with E-state index in [4.69, 9.17) is 14.2 Å². The van der Waals surface area contributed by atoms with Crippen molar-refractivity contribution in [2.24, 2.45) is 0 Å². The molecule has 2 amide bonds. The Kier molecular flexibility index (Phi) is 5.84. The number of nitrogens with zero attached hydrogens (tertiary/aromatic N) is 1. The molecule has 1 aliphatic rings. The minimum absolute atomic E-state index is 0.120. The van der Waals surface area contributed by atoms with Crippen LogP contribution >= 0.6 is 0 Å². The number of carbonyl (C=O) groups is 1. The fraction of sp³-hybridized carbons (Fsp3) is 0.350. The van der Waals surface area contributed by atoms with Crippen molar-refractivity contribution < 1.29 is 19.0 Å². The summed E-state index contributed by atoms with van der Waals surface area (Å²) in [5, 5.41) is 2.95. The van der Waals surface area contributed by atoms with Crippen LogP contribution in [-0.2, 0) is 6.54 Å². The predicted molar refractivity (Wildman–Crippen MR) is 98.8 cm³/mol. The van der Waals surface area contributed by atoms with E-state index in [0.717, 1.165) is 22.8 Å². The highest BCUT2D eigenvalue weighted by Gasteiger charge is 2.24. The largest absolute Gasteiger partial charge is 0.497 e. The van der Waals surface area contributed by atoms with Crippen molar-refractivity contribution in [3.63, 3.8) is 0 Å². The van der Waals surface area contributed by atoms with Gasteiger partial charge in [0.1, 0.15) is 12.4 Å². The number of hydrogen-bond donors (Lipinski definition) is 1. The van der Waals surface area contributed by atoms with Crippen LogP contribution < -0.4 is 19.5 Å². The summed E-state index contributed by atoms with van der Waals surface area (Å²) in [7, 11) is 1.63. The monoisotopic (exact) mass is 356 g/mol. The fourth-order valence-corrected chi connectivity index (χ4v) is 2.79. The van der Waals surface area contributed by atoms with E-state index in [1.165, 1.54) is 0 Å². The number of urea groups is 1. The number of nitrogens with one attached hydrogen (secondary N) is 1. The maximum absolute atomic E-state index is 12.5. The first-order valence-electron chi connectivity index (χ1n) is 8.73. The third kappa shape index (κ3) is 4.39. The van der Waals surface area contributed by atoms with Crippen LogP contribution in [0.5, 0.6) is 17.2 Å². The van der Waals surface area contributed by atoms with E-state index in [-0.39, 0.29) is 12.1 Å². The molecule has 6 heteroatoms. The molecule has 138 valence electrons. The first-order valence-corrected chi connectivity index (χ1v) is 8.73. The van der Waals surface area contributed by atoms with Crippen molar-refractivity contribution in [1.29, 1.82) is 0 Å². The molecule has 1 unspecified atom stereocenters. The lowest BCUT2D eigenvalue weighted by Crippen LogP contribution is -2.47. The number of ether oxygens (including phenoxy) is 3. The molecule has 0 saturated carbocycles. The summed E-state index contributed by atoms with van der Waals surface area (Å²) < 4.78 is 16.8. The maximum atomic E-state index is 12.5. The average molecular weight is 356 g/mol. The quantitative estimate of drug-likeness (QED) is 0.864. The molecule has 0 aromatic heterocycles. The van der Waals surface area contributed by atoms with Gasteiger partial charge in [0.05, 0.1) is 13.7 Å². The summed E-state index contributed by atoms with van der Waals surface area (Å²) in [6.45, 7) is 3.91. The van der Waals surface area contributed by atoms with Gasteiger partial charge in [-0.05, 0) is 36.8 Å². The Morgan fingerprint density at radius 3 is 2.62 bits per heavy atom. The van der Waals surface area contributed by atoms with Gasteiger partial charge in [0.15, 0.2) is 17.6 Å². The Hall–Kier alpha value is -2.89. The number of hydrogen-bond acceptors (Lipinski definition) is 4. The van der Waals surface area contributed by atoms with E-state index < -0.39 is 0 Å². The lowest BCUT2D eigenvalue weighted by atomic mass is 10.2. The molecule has 0 radical (unpaired) electrons. The van der Waals surface area contributed by atoms with E-state index in [2.05, 4.69) is 5.32 Å². The Morgan fingerprint density at radius 1 is 1.19 bits per heavy atom. The SMILES string of the molecule is CCN(CC1COc2ccccc2O1)C(=O)NCc1ccc(OC)cc1. The van der Waals surface area contributed by atoms with Crippen LogP contribution in [0.25, 0.3) is 0 Å². The molecule has 1 atom stereocenters. The first kappa shape index (κ1) is 17.9. The number of para-hydroxylation sites is 2. The van der Waals surface area contributed by atoms with Crippen molar-refractivity contribution in [3.05, 3.63) is 54.1 Å². The van der Waals surface area contributed by atoms with Crippen LogP contribution in [0.3, 0.4) is 0 Å². The molecule has 3 rings (SSSR count). The molecule has 0 fully saturated rings. The zero-order chi connectivity index (χ0) is 18.4. The van der Waals surface area contributed by atoms with Crippen LogP contribution in [0.2, 0.25) is 0 Å². The van der Waals surface area contributed by atoms with Crippen molar-refractivity contribution in [2.45, 2.75) is 19.6 Å². The fourth-order valence-electron chi connectivity index (χ4n) is 2.79. The van der Waals surface area contributed by atoms with Gasteiger partial charge < -0.3 is 24.4 Å². The summed E-state index contributed by atoms with van der Waals surface area (Å²) in [6.07, 6.45) is -0.184. The molecular formula is C20H24N2O4. The van der Waals surface area contributed by atoms with Gasteiger partial charge in [-0.15, -0.1) is 0 Å². The molecule has 1 N–H and O–H groups in total. The standard InChI is InChI=1S/C20H24N2O4/c1-3-22(13-17-14-25-18-6-4-5-7-19(18)26-17)20(23)21-12-15-8-10-16(24-2)11-9-15/h4-11,17H,3,12-14H2,1-2H3,(H,21,23). The van der Waals surface area contributed by atoms with Crippen LogP contribution in [0.4, 0.5) is 4.79 Å². The average Bonchev–Trinajstić information content (AvgIpc) is 2.70. The lowest BCUT2D eigenvalue weighted by Gasteiger charge is -2.31. The second kappa shape index (κ2) is 8.47. The zero-order valence-electron chi connectivity index (χ0n) is 15.1. The molecule has 1 heterocycles. The highest BCUT2D eigenvalue weighted by Crippen LogP contribution is 2.31. The molecule has 2 aromatic rings. The van der Waals surface area contributed by atoms with Gasteiger partial charge in [0.25, 0.3) is 0 Å². The number of fused-ring (bicyclic) bond motifs is 1. The molecule has 0 bridgehead atoms. The van der Waals surface area contributed by atoms with Crippen molar-refractivity contribution >= 4 is 6.03 Å². The lowest BCUT2D eigenvalue weighted by molar-refractivity contribution is 0.0675. The van der Waals surface area contributed by atoms with Crippen molar-refractivity contribution in [2.75, 3.05) is 26.8 Å². The van der Waals surface area contributed by atoms with Gasteiger partial charge in [-0.1, -0.05) is 24.3 Å². The van der Waals surface area contributed by atoms with Crippen LogP contribution in [-0.4, -0.2) is 43.8 Å². The Morgan fingerprint density at radius 2 is 1.92 bits per heavy atom. The minimum Gasteiger partial charge on any atom is -0.497 e. The highest BCUT2D eigenvalue weighted by molar-refractivity contribution is 5.74. The smallest absolute Gasteiger partial charge is 0.317 e. The summed E-state index contributed by atoms with van der Waals surface area (Å²) in [4.78, 5) is 14.2. The van der Waals surface area contributed by atoms with Crippen LogP contribution in [0.15, 0.2) is 48.5 Å². The van der Waals surface area contributed by atoms with Crippen LogP contribution in [0, 0.1) is 0 Å². The molecule has 6 nitrogen and oxygen atoms in total. The number of rotatable bonds is 6. The second-order valence-corrected chi connectivity index (χ2v) is 6.04. The summed E-state index contributed by atoms with van der Waals surface area (Å²) in [6, 6.07) is 15.1. The predicted octanol–water partition coefficient (Wildman–Crippen LogP) is 3.07. The van der Waals surface area contributed by atoms with E-state index in [9.17, 15) is 4.79 Å². The Balaban J connectivity index is 1.52. The Bertz CT molecular complexity index is 733. The zero-order valence-corrected chi connectivity index (χ0v) is 15.1. The molecule has 0 aliphatic carbocycles. The van der Waals surface area contributed by atoms with E-state index in [1.807, 2.05) is 55.5 Å². The van der Waals surface area contributed by atoms with Gasteiger partial charge in [0, 0.05) is 13.1 Å². The summed E-state index contributed by atoms with van der Waals surface area (Å²) in [5.74, 6) is 2.26. The second-order valence-electron chi connectivity index (χ2n) is 6.04. The van der Waals surface area contributed by atoms with E-state index in [0.29, 0.717) is 26.2 Å². The van der Waals surface area contributed by atoms with Gasteiger partial charge in [-0.25, -0.2) is 4.79 Å². The number of carbonyl (C=O) groups excluding carboxylic acids is 1. The van der Waals surface area contributed by atoms with E-state index >= 15 is 0 Å². The third-order valence-electron chi connectivity index (χ3n) is 4.26. The molecule has 0 saturated heterocycles. The summed E-state index contributed by atoms with van der Waals surface area (Å²) in [5.41, 5.74) is 1.02. The summed E-state index contributed by atoms with van der Waals surface area (Å²) >= 11 is 0. The van der Waals surface area contributed by atoms with Gasteiger partial charge in [0.2, 0.25) is 0 Å². The molecule has 0 spiro atoms. The highest BCUT2D eigenvalue weighted by atomic mass is 16.6. The van der Waals surface area contributed by atoms with Crippen molar-refractivity contribution in [1.82, 2.24) is 10.2 Å². The van der Waals surface area contributed by atoms with Gasteiger partial charge >= 0.3 is 6.03 Å². The maximum Gasteiger partial charge on any atom is 0.317 e. The first-order chi connectivity index (χ1) is 12.7. The molecule has 1 aliphatic heterocycles. The van der Waals surface area contributed by atoms with Crippen molar-refractivity contribution in [3.8, 4) is 17.2 Å².